The number of rotatable bonds is 14. The Labute approximate surface area is 324 Å². The van der Waals surface area contributed by atoms with Crippen LogP contribution < -0.4 is 10.2 Å². The van der Waals surface area contributed by atoms with Crippen molar-refractivity contribution >= 4 is 27.5 Å². The second-order valence-corrected chi connectivity index (χ2v) is 19.1. The summed E-state index contributed by atoms with van der Waals surface area (Å²) in [7, 11) is 0.203. The van der Waals surface area contributed by atoms with Gasteiger partial charge < -0.3 is 30.0 Å². The number of hydrogen-bond acceptors (Lipinski definition) is 8. The molecule has 0 aromatic heterocycles. The highest BCUT2D eigenvalue weighted by molar-refractivity contribution is 7.92. The van der Waals surface area contributed by atoms with Gasteiger partial charge in [-0.3, -0.25) is 9.69 Å². The first-order valence-corrected chi connectivity index (χ1v) is 21.4. The zero-order chi connectivity index (χ0) is 39.0. The number of benzene rings is 2. The van der Waals surface area contributed by atoms with Gasteiger partial charge in [0.25, 0.3) is 0 Å². The van der Waals surface area contributed by atoms with Crippen LogP contribution in [-0.2, 0) is 20.0 Å². The van der Waals surface area contributed by atoms with Crippen LogP contribution in [0.3, 0.4) is 0 Å². The molecule has 4 aliphatic heterocycles. The normalized spacial score (nSPS) is 25.0. The number of carbonyl (C=O) groups is 2. The van der Waals surface area contributed by atoms with Crippen LogP contribution in [0.2, 0.25) is 0 Å². The van der Waals surface area contributed by atoms with Gasteiger partial charge in [-0.2, -0.15) is 0 Å². The number of likely N-dealkylation sites (N-methyl/N-ethyl adjacent to an activating group) is 1. The molecule has 1 saturated carbocycles. The molecule has 0 radical (unpaired) electrons. The summed E-state index contributed by atoms with van der Waals surface area (Å²) in [4.78, 5) is 34.5. The SMILES string of the molecule is CN(C)C/C=C/C(=O)N1CC(S(=O)(=O)c2ccc(N3CC(F)(CN4CCC([C@@](CN5CCC5)(c5cccc(F)c5)[C@H]5CCC[C@@H]5NC(=O)O)CC4)C3)cc2)C1. The Bertz CT molecular complexity index is 1820. The van der Waals surface area contributed by atoms with Crippen LogP contribution in [0.1, 0.15) is 44.1 Å². The summed E-state index contributed by atoms with van der Waals surface area (Å²) in [5.74, 6) is -0.252. The highest BCUT2D eigenvalue weighted by Crippen LogP contribution is 2.51. The molecule has 7 rings (SSSR count). The first-order chi connectivity index (χ1) is 26.3. The first kappa shape index (κ1) is 39.6. The molecule has 3 atom stereocenters. The lowest BCUT2D eigenvalue weighted by atomic mass is 9.57. The summed E-state index contributed by atoms with van der Waals surface area (Å²) in [5, 5.41) is 11.9. The lowest BCUT2D eigenvalue weighted by Crippen LogP contribution is -2.65. The van der Waals surface area contributed by atoms with Crippen molar-refractivity contribution in [2.45, 2.75) is 65.8 Å². The number of likely N-dealkylation sites (tertiary alicyclic amines) is 3. The van der Waals surface area contributed by atoms with Gasteiger partial charge in [0.2, 0.25) is 5.91 Å². The van der Waals surface area contributed by atoms with E-state index in [0.717, 1.165) is 69.4 Å². The number of amides is 2. The van der Waals surface area contributed by atoms with Crippen LogP contribution in [0, 0.1) is 17.7 Å². The van der Waals surface area contributed by atoms with Gasteiger partial charge in [-0.15, -0.1) is 0 Å². The Morgan fingerprint density at radius 3 is 2.31 bits per heavy atom. The first-order valence-electron chi connectivity index (χ1n) is 19.8. The molecule has 2 aromatic rings. The lowest BCUT2D eigenvalue weighted by molar-refractivity contribution is -0.129. The molecular weight excluding hydrogens is 727 g/mol. The van der Waals surface area contributed by atoms with Crippen molar-refractivity contribution in [2.75, 3.05) is 91.0 Å². The van der Waals surface area contributed by atoms with Gasteiger partial charge in [0.05, 0.1) is 18.0 Å². The van der Waals surface area contributed by atoms with Crippen molar-refractivity contribution < 1.29 is 31.9 Å². The smallest absolute Gasteiger partial charge is 0.404 e. The van der Waals surface area contributed by atoms with Crippen LogP contribution in [0.25, 0.3) is 0 Å². The maximum absolute atomic E-state index is 16.2. The average Bonchev–Trinajstić information content (AvgIpc) is 3.54. The van der Waals surface area contributed by atoms with Crippen molar-refractivity contribution in [2.24, 2.45) is 11.8 Å². The maximum Gasteiger partial charge on any atom is 0.404 e. The maximum atomic E-state index is 16.2. The highest BCUT2D eigenvalue weighted by Gasteiger charge is 2.54. The Kier molecular flexibility index (Phi) is 11.6. The van der Waals surface area contributed by atoms with Crippen LogP contribution in [0.5, 0.6) is 0 Å². The summed E-state index contributed by atoms with van der Waals surface area (Å²) in [6.45, 7) is 5.83. The fourth-order valence-corrected chi connectivity index (χ4v) is 11.6. The second kappa shape index (κ2) is 16.1. The minimum absolute atomic E-state index is 0.0322. The molecular formula is C41H56F2N6O5S. The molecule has 2 N–H and O–H groups in total. The summed E-state index contributed by atoms with van der Waals surface area (Å²) < 4.78 is 57.7. The minimum atomic E-state index is -3.61. The Balaban J connectivity index is 0.960. The van der Waals surface area contributed by atoms with Gasteiger partial charge in [0.15, 0.2) is 15.5 Å². The predicted molar refractivity (Wildman–Crippen MR) is 208 cm³/mol. The highest BCUT2D eigenvalue weighted by atomic mass is 32.2. The molecule has 300 valence electrons. The molecule has 2 amide bonds. The van der Waals surface area contributed by atoms with Gasteiger partial charge in [-0.05, 0) is 126 Å². The van der Waals surface area contributed by atoms with Crippen LogP contribution in [0.15, 0.2) is 65.6 Å². The van der Waals surface area contributed by atoms with E-state index in [1.54, 1.807) is 42.5 Å². The van der Waals surface area contributed by atoms with Gasteiger partial charge >= 0.3 is 6.09 Å². The number of sulfone groups is 1. The molecule has 4 heterocycles. The quantitative estimate of drug-likeness (QED) is 0.272. The zero-order valence-electron chi connectivity index (χ0n) is 32.1. The van der Waals surface area contributed by atoms with Crippen molar-refractivity contribution in [3.05, 3.63) is 72.1 Å². The monoisotopic (exact) mass is 782 g/mol. The van der Waals surface area contributed by atoms with E-state index in [0.29, 0.717) is 26.2 Å². The van der Waals surface area contributed by atoms with E-state index in [9.17, 15) is 27.5 Å². The Morgan fingerprint density at radius 1 is 0.982 bits per heavy atom. The van der Waals surface area contributed by atoms with E-state index in [-0.39, 0.29) is 60.7 Å². The zero-order valence-corrected chi connectivity index (χ0v) is 32.9. The topological polar surface area (TPSA) is 117 Å². The number of alkyl halides is 1. The second-order valence-electron chi connectivity index (χ2n) is 16.9. The summed E-state index contributed by atoms with van der Waals surface area (Å²) in [6.07, 6.45) is 7.55. The molecule has 55 heavy (non-hydrogen) atoms. The Morgan fingerprint density at radius 2 is 1.69 bits per heavy atom. The Hall–Kier alpha value is -3.59. The molecule has 5 fully saturated rings. The molecule has 14 heteroatoms. The van der Waals surface area contributed by atoms with Crippen molar-refractivity contribution in [3.8, 4) is 0 Å². The van der Waals surface area contributed by atoms with Gasteiger partial charge in [0, 0.05) is 55.9 Å². The van der Waals surface area contributed by atoms with E-state index in [4.69, 9.17) is 0 Å². The van der Waals surface area contributed by atoms with Crippen molar-refractivity contribution in [3.63, 3.8) is 0 Å². The average molecular weight is 783 g/mol. The van der Waals surface area contributed by atoms with Crippen molar-refractivity contribution in [1.29, 1.82) is 0 Å². The van der Waals surface area contributed by atoms with E-state index in [1.165, 1.54) is 17.0 Å². The standard InChI is InChI=1S/C41H56F2N6O5S/c1-45(2)18-5-11-38(50)48-24-35(25-48)55(53,54)34-14-12-33(13-15-34)49-27-40(43,28-49)26-47-21-16-30(17-22-47)41(29-46-19-6-20-46,31-7-3-8-32(42)23-31)36-9-4-10-37(36)44-39(51)52/h3,5,7-8,11-15,23,30,35-37,44H,4,6,9-10,16-22,24-29H2,1-2H3,(H,51,52)/b11-5+/t36-,37-,41-/m0/s1. The van der Waals surface area contributed by atoms with Crippen molar-refractivity contribution in [1.82, 2.24) is 24.9 Å². The fourth-order valence-electron chi connectivity index (χ4n) is 9.94. The minimum Gasteiger partial charge on any atom is -0.465 e. The number of nitrogens with zero attached hydrogens (tertiary/aromatic N) is 5. The van der Waals surface area contributed by atoms with E-state index in [2.05, 4.69) is 15.1 Å². The number of halogens is 2. The summed E-state index contributed by atoms with van der Waals surface area (Å²) in [5.41, 5.74) is -0.114. The third kappa shape index (κ3) is 8.43. The molecule has 11 nitrogen and oxygen atoms in total. The summed E-state index contributed by atoms with van der Waals surface area (Å²) >= 11 is 0. The number of piperidine rings is 1. The lowest BCUT2D eigenvalue weighted by Gasteiger charge is -2.54. The molecule has 0 unspecified atom stereocenters. The van der Waals surface area contributed by atoms with E-state index < -0.39 is 32.3 Å². The summed E-state index contributed by atoms with van der Waals surface area (Å²) in [6, 6.07) is 13.4. The van der Waals surface area contributed by atoms with Gasteiger partial charge in [-0.25, -0.2) is 22.0 Å². The number of nitrogens with one attached hydrogen (secondary N) is 1. The number of carbonyl (C=O) groups excluding carboxylic acids is 1. The van der Waals surface area contributed by atoms with E-state index >= 15 is 4.39 Å². The molecule has 1 aliphatic carbocycles. The van der Waals surface area contributed by atoms with Crippen LogP contribution in [0.4, 0.5) is 19.3 Å². The third-order valence-corrected chi connectivity index (χ3v) is 15.0. The van der Waals surface area contributed by atoms with Crippen LogP contribution in [-0.4, -0.2) is 148 Å². The predicted octanol–water partition coefficient (Wildman–Crippen LogP) is 4.25. The third-order valence-electron chi connectivity index (χ3n) is 12.9. The number of anilines is 1. The molecule has 5 aliphatic rings. The molecule has 0 spiro atoms. The fraction of sp³-hybridized carbons (Fsp3) is 0.610. The molecule has 4 saturated heterocycles. The molecule has 0 bridgehead atoms. The van der Waals surface area contributed by atoms with Gasteiger partial charge in [-0.1, -0.05) is 24.6 Å². The number of hydrogen-bond donors (Lipinski definition) is 2. The molecule has 2 aromatic carbocycles. The van der Waals surface area contributed by atoms with E-state index in [1.807, 2.05) is 30.0 Å². The van der Waals surface area contributed by atoms with Gasteiger partial charge in [0.1, 0.15) is 11.1 Å². The van der Waals surface area contributed by atoms with Crippen LogP contribution >= 0.6 is 0 Å². The largest absolute Gasteiger partial charge is 0.465 e. The number of carboxylic acid groups (broad SMARTS) is 1.